The van der Waals surface area contributed by atoms with E-state index in [0.717, 1.165) is 12.4 Å². The number of rotatable bonds is 6. The Bertz CT molecular complexity index is 444. The Morgan fingerprint density at radius 1 is 1.17 bits per heavy atom. The molecule has 2 unspecified atom stereocenters. The Morgan fingerprint density at radius 3 is 2.39 bits per heavy atom. The third-order valence-electron chi connectivity index (χ3n) is 5.02. The first kappa shape index (κ1) is 18.8. The zero-order valence-electron chi connectivity index (χ0n) is 15.8. The summed E-state index contributed by atoms with van der Waals surface area (Å²) < 4.78 is 12.1. The maximum Gasteiger partial charge on any atom is 0.279 e. The van der Waals surface area contributed by atoms with E-state index in [4.69, 9.17) is 9.47 Å². The maximum atomic E-state index is 6.20. The number of hydrogen-bond acceptors (Lipinski definition) is 3. The van der Waals surface area contributed by atoms with Gasteiger partial charge in [-0.2, -0.15) is 11.8 Å². The molecular formula is C20H34O2S. The second-order valence-corrected chi connectivity index (χ2v) is 8.63. The zero-order chi connectivity index (χ0) is 17.0. The third kappa shape index (κ3) is 4.71. The van der Waals surface area contributed by atoms with Gasteiger partial charge in [0.25, 0.3) is 5.95 Å². The van der Waals surface area contributed by atoms with Crippen molar-refractivity contribution in [2.75, 3.05) is 18.1 Å². The van der Waals surface area contributed by atoms with E-state index in [0.29, 0.717) is 24.4 Å². The Morgan fingerprint density at radius 2 is 1.87 bits per heavy atom. The van der Waals surface area contributed by atoms with E-state index in [-0.39, 0.29) is 6.10 Å². The molecule has 0 bridgehead atoms. The molecule has 132 valence electrons. The summed E-state index contributed by atoms with van der Waals surface area (Å²) in [5, 5.41) is 0. The van der Waals surface area contributed by atoms with Crippen LogP contribution in [0.2, 0.25) is 0 Å². The third-order valence-corrected chi connectivity index (χ3v) is 6.07. The first-order chi connectivity index (χ1) is 10.9. The van der Waals surface area contributed by atoms with E-state index in [1.807, 2.05) is 0 Å². The van der Waals surface area contributed by atoms with Crippen LogP contribution in [0.1, 0.15) is 60.8 Å². The molecule has 0 spiro atoms. The van der Waals surface area contributed by atoms with Gasteiger partial charge in [-0.3, -0.25) is 0 Å². The number of ether oxygens (including phenoxy) is 2. The fourth-order valence-corrected chi connectivity index (χ4v) is 5.10. The average molecular weight is 339 g/mol. The molecule has 2 saturated heterocycles. The highest BCUT2D eigenvalue weighted by Crippen LogP contribution is 2.35. The van der Waals surface area contributed by atoms with Crippen LogP contribution in [0.4, 0.5) is 0 Å². The SMILES string of the molecule is CCC(=C1CCSC1)C(C)CC1COC(=C(C(C)C)C(C)C)O1. The van der Waals surface area contributed by atoms with Crippen molar-refractivity contribution in [3.8, 4) is 0 Å². The van der Waals surface area contributed by atoms with Gasteiger partial charge in [0.2, 0.25) is 0 Å². The van der Waals surface area contributed by atoms with E-state index in [1.54, 1.807) is 11.1 Å². The van der Waals surface area contributed by atoms with Crippen LogP contribution >= 0.6 is 11.8 Å². The van der Waals surface area contributed by atoms with Gasteiger partial charge in [-0.05, 0) is 42.8 Å². The molecule has 2 aliphatic heterocycles. The Labute approximate surface area is 147 Å². The normalized spacial score (nSPS) is 24.9. The lowest BCUT2D eigenvalue weighted by Crippen LogP contribution is -2.16. The predicted molar refractivity (Wildman–Crippen MR) is 101 cm³/mol. The molecule has 0 N–H and O–H groups in total. The van der Waals surface area contributed by atoms with Crippen molar-refractivity contribution >= 4 is 11.8 Å². The first-order valence-electron chi connectivity index (χ1n) is 9.26. The molecule has 0 aromatic rings. The van der Waals surface area contributed by atoms with E-state index in [9.17, 15) is 0 Å². The number of thioether (sulfide) groups is 1. The number of allylic oxidation sites excluding steroid dienone is 2. The summed E-state index contributed by atoms with van der Waals surface area (Å²) in [6.07, 6.45) is 3.75. The van der Waals surface area contributed by atoms with Gasteiger partial charge >= 0.3 is 0 Å². The number of hydrogen-bond donors (Lipinski definition) is 0. The van der Waals surface area contributed by atoms with Crippen molar-refractivity contribution in [1.82, 2.24) is 0 Å². The molecule has 0 aromatic carbocycles. The van der Waals surface area contributed by atoms with Crippen molar-refractivity contribution in [2.24, 2.45) is 17.8 Å². The Kier molecular flexibility index (Phi) is 6.94. The Balaban J connectivity index is 2.02. The summed E-state index contributed by atoms with van der Waals surface area (Å²) in [4.78, 5) is 0. The van der Waals surface area contributed by atoms with Gasteiger partial charge in [0.1, 0.15) is 12.7 Å². The first-order valence-corrected chi connectivity index (χ1v) is 10.4. The van der Waals surface area contributed by atoms with Crippen molar-refractivity contribution in [3.05, 3.63) is 22.7 Å². The van der Waals surface area contributed by atoms with Gasteiger partial charge in [0.05, 0.1) is 0 Å². The molecule has 2 aliphatic rings. The van der Waals surface area contributed by atoms with Crippen molar-refractivity contribution < 1.29 is 9.47 Å². The van der Waals surface area contributed by atoms with Gasteiger partial charge in [-0.1, -0.05) is 52.7 Å². The van der Waals surface area contributed by atoms with Crippen LogP contribution in [0, 0.1) is 17.8 Å². The summed E-state index contributed by atoms with van der Waals surface area (Å²) >= 11 is 2.08. The van der Waals surface area contributed by atoms with Crippen molar-refractivity contribution in [1.29, 1.82) is 0 Å². The van der Waals surface area contributed by atoms with Crippen LogP contribution in [-0.4, -0.2) is 24.2 Å². The molecule has 2 atom stereocenters. The summed E-state index contributed by atoms with van der Waals surface area (Å²) in [7, 11) is 0. The molecule has 2 nitrogen and oxygen atoms in total. The average Bonchev–Trinajstić information content (AvgIpc) is 3.11. The van der Waals surface area contributed by atoms with Crippen LogP contribution in [0.5, 0.6) is 0 Å². The van der Waals surface area contributed by atoms with Crippen LogP contribution in [0.3, 0.4) is 0 Å². The fraction of sp³-hybridized carbons (Fsp3) is 0.800. The van der Waals surface area contributed by atoms with Crippen LogP contribution < -0.4 is 0 Å². The lowest BCUT2D eigenvalue weighted by molar-refractivity contribution is 0.121. The molecule has 23 heavy (non-hydrogen) atoms. The minimum atomic E-state index is 0.212. The largest absolute Gasteiger partial charge is 0.462 e. The van der Waals surface area contributed by atoms with E-state index < -0.39 is 0 Å². The highest BCUT2D eigenvalue weighted by Gasteiger charge is 2.30. The van der Waals surface area contributed by atoms with Crippen LogP contribution in [-0.2, 0) is 9.47 Å². The minimum Gasteiger partial charge on any atom is -0.462 e. The molecule has 2 heterocycles. The lowest BCUT2D eigenvalue weighted by atomic mass is 9.89. The second kappa shape index (κ2) is 8.50. The summed E-state index contributed by atoms with van der Waals surface area (Å²) in [6.45, 7) is 14.3. The molecule has 0 aliphatic carbocycles. The zero-order valence-corrected chi connectivity index (χ0v) is 16.6. The van der Waals surface area contributed by atoms with Crippen LogP contribution in [0.25, 0.3) is 0 Å². The van der Waals surface area contributed by atoms with Crippen molar-refractivity contribution in [2.45, 2.75) is 66.9 Å². The summed E-state index contributed by atoms with van der Waals surface area (Å²) in [5.74, 6) is 4.91. The molecule has 2 rings (SSSR count). The molecule has 0 aromatic heterocycles. The summed E-state index contributed by atoms with van der Waals surface area (Å²) in [5.41, 5.74) is 4.69. The molecule has 3 heteroatoms. The summed E-state index contributed by atoms with van der Waals surface area (Å²) in [6, 6.07) is 0. The highest BCUT2D eigenvalue weighted by molar-refractivity contribution is 7.99. The van der Waals surface area contributed by atoms with Gasteiger partial charge in [-0.25, -0.2) is 0 Å². The van der Waals surface area contributed by atoms with Gasteiger partial charge < -0.3 is 9.47 Å². The van der Waals surface area contributed by atoms with Crippen LogP contribution in [0.15, 0.2) is 22.7 Å². The predicted octanol–water partition coefficient (Wildman–Crippen LogP) is 5.80. The highest BCUT2D eigenvalue weighted by atomic mass is 32.2. The standard InChI is InChI=1S/C20H34O2S/c1-7-18(16-8-9-23-12-16)15(6)10-17-11-21-20(22-17)19(13(2)3)14(4)5/h13-15,17H,7-12H2,1-6H3. The fourth-order valence-electron chi connectivity index (χ4n) is 3.99. The van der Waals surface area contributed by atoms with E-state index in [2.05, 4.69) is 53.3 Å². The maximum absolute atomic E-state index is 6.20. The van der Waals surface area contributed by atoms with E-state index >= 15 is 0 Å². The second-order valence-electron chi connectivity index (χ2n) is 7.52. The lowest BCUT2D eigenvalue weighted by Gasteiger charge is -2.21. The van der Waals surface area contributed by atoms with Gasteiger partial charge in [-0.15, -0.1) is 0 Å². The molecule has 0 radical (unpaired) electrons. The van der Waals surface area contributed by atoms with Gasteiger partial charge in [0, 0.05) is 11.3 Å². The van der Waals surface area contributed by atoms with E-state index in [1.165, 1.54) is 29.9 Å². The monoisotopic (exact) mass is 338 g/mol. The topological polar surface area (TPSA) is 18.5 Å². The molecule has 2 fully saturated rings. The quantitative estimate of drug-likeness (QED) is 0.571. The molecule has 0 amide bonds. The Hall–Kier alpha value is -0.570. The molecular weight excluding hydrogens is 304 g/mol. The smallest absolute Gasteiger partial charge is 0.279 e. The van der Waals surface area contributed by atoms with Gasteiger partial charge in [0.15, 0.2) is 0 Å². The van der Waals surface area contributed by atoms with Crippen molar-refractivity contribution in [3.63, 3.8) is 0 Å². The molecule has 0 saturated carbocycles. The minimum absolute atomic E-state index is 0.212.